The number of ether oxygens (including phenoxy) is 1. The molecule has 2 atom stereocenters. The van der Waals surface area contributed by atoms with Crippen molar-refractivity contribution in [2.75, 3.05) is 29.1 Å². The molecule has 190 valence electrons. The van der Waals surface area contributed by atoms with Crippen LogP contribution in [0.15, 0.2) is 41.3 Å². The van der Waals surface area contributed by atoms with E-state index in [0.29, 0.717) is 28.4 Å². The molecule has 3 aromatic rings. The van der Waals surface area contributed by atoms with E-state index in [-0.39, 0.29) is 41.6 Å². The van der Waals surface area contributed by atoms with Crippen LogP contribution in [0.25, 0.3) is 0 Å². The zero-order chi connectivity index (χ0) is 26.4. The maximum Gasteiger partial charge on any atom is 0.351 e. The van der Waals surface area contributed by atoms with Crippen LogP contribution in [0.3, 0.4) is 0 Å². The molecule has 12 nitrogen and oxygen atoms in total. The third kappa shape index (κ3) is 7.10. The van der Waals surface area contributed by atoms with E-state index in [4.69, 9.17) is 21.3 Å². The summed E-state index contributed by atoms with van der Waals surface area (Å²) >= 11 is 1.47. The quantitative estimate of drug-likeness (QED) is 0.351. The number of ketones is 2. The number of hydrogen-bond donors (Lipinski definition) is 4. The van der Waals surface area contributed by atoms with E-state index >= 15 is 0 Å². The van der Waals surface area contributed by atoms with Crippen molar-refractivity contribution in [3.8, 4) is 0 Å². The molecule has 13 heteroatoms. The molecule has 0 bridgehead atoms. The first-order chi connectivity index (χ1) is 17.0. The van der Waals surface area contributed by atoms with Crippen molar-refractivity contribution in [1.29, 1.82) is 0 Å². The lowest BCUT2D eigenvalue weighted by atomic mass is 10.0. The second kappa shape index (κ2) is 11.7. The minimum absolute atomic E-state index is 0.0572. The van der Waals surface area contributed by atoms with Crippen molar-refractivity contribution in [2.45, 2.75) is 32.4 Å². The van der Waals surface area contributed by atoms with E-state index in [9.17, 15) is 14.4 Å². The number of rotatable bonds is 6. The first-order valence-corrected chi connectivity index (χ1v) is 11.9. The van der Waals surface area contributed by atoms with Crippen LogP contribution >= 0.6 is 11.8 Å². The number of aryl methyl sites for hydroxylation is 1. The van der Waals surface area contributed by atoms with Crippen molar-refractivity contribution >= 4 is 46.6 Å². The van der Waals surface area contributed by atoms with Crippen LogP contribution in [0.2, 0.25) is 0 Å². The van der Waals surface area contributed by atoms with E-state index in [2.05, 4.69) is 20.3 Å². The highest BCUT2D eigenvalue weighted by Crippen LogP contribution is 2.30. The fourth-order valence-corrected chi connectivity index (χ4v) is 4.17. The van der Waals surface area contributed by atoms with Gasteiger partial charge in [-0.25, -0.2) is 9.78 Å². The fourth-order valence-electron chi connectivity index (χ4n) is 3.24. The summed E-state index contributed by atoms with van der Waals surface area (Å²) in [7, 11) is 0. The molecule has 0 spiro atoms. The monoisotopic (exact) mass is 513 g/mol. The van der Waals surface area contributed by atoms with Gasteiger partial charge in [0.1, 0.15) is 23.3 Å². The van der Waals surface area contributed by atoms with E-state index in [1.54, 1.807) is 43.5 Å². The van der Waals surface area contributed by atoms with Gasteiger partial charge in [0.2, 0.25) is 5.95 Å². The minimum atomic E-state index is -0.431. The average Bonchev–Trinajstić information content (AvgIpc) is 3.27. The predicted octanol–water partition coefficient (Wildman–Crippen LogP) is 1.92. The molecular weight excluding hydrogens is 486 g/mol. The number of aliphatic hydroxyl groups excluding tert-OH is 1. The highest BCUT2D eigenvalue weighted by molar-refractivity contribution is 8.00. The Kier molecular flexibility index (Phi) is 8.74. The zero-order valence-corrected chi connectivity index (χ0v) is 20.8. The maximum absolute atomic E-state index is 11.5. The molecule has 0 unspecified atom stereocenters. The molecule has 1 aromatic carbocycles. The number of thioether (sulfide) groups is 1. The van der Waals surface area contributed by atoms with Crippen LogP contribution < -0.4 is 22.5 Å². The molecule has 2 aromatic heterocycles. The molecule has 0 saturated carbocycles. The molecule has 0 amide bonds. The molecule has 1 aliphatic heterocycles. The first kappa shape index (κ1) is 26.8. The number of nitrogens with zero attached hydrogens (tertiary/aromatic N) is 4. The van der Waals surface area contributed by atoms with Gasteiger partial charge in [-0.2, -0.15) is 9.97 Å². The van der Waals surface area contributed by atoms with Crippen molar-refractivity contribution in [3.63, 3.8) is 0 Å². The van der Waals surface area contributed by atoms with Crippen LogP contribution in [-0.4, -0.2) is 54.0 Å². The zero-order valence-electron chi connectivity index (χ0n) is 20.0. The van der Waals surface area contributed by atoms with Crippen molar-refractivity contribution in [2.24, 2.45) is 0 Å². The standard InChI is InChI=1S/C15H16N4O2.C8H11N3O3S/c1-8-4-14(19-15(16)17-8)18-13-6-11(9(2)20)5-12(7-13)10(3)21;9-5-1-2-11(8(13)10-5)6-4-15-7(3-12)14-6/h4-7H,1-3H3,(H3,16,17,18,19);1-2,6-7,12H,3-4H2,(H2,9,10,13)/t;6-,7+/m.0/s1. The largest absolute Gasteiger partial charge is 0.393 e. The highest BCUT2D eigenvalue weighted by atomic mass is 32.2. The Labute approximate surface area is 211 Å². The number of nitrogen functional groups attached to an aromatic ring is 2. The first-order valence-electron chi connectivity index (χ1n) is 10.8. The molecule has 1 aliphatic rings. The summed E-state index contributed by atoms with van der Waals surface area (Å²) in [6.45, 7) is 4.65. The smallest absolute Gasteiger partial charge is 0.351 e. The van der Waals surface area contributed by atoms with Gasteiger partial charge in [0.25, 0.3) is 0 Å². The Morgan fingerprint density at radius 2 is 1.81 bits per heavy atom. The van der Waals surface area contributed by atoms with Gasteiger partial charge >= 0.3 is 5.69 Å². The summed E-state index contributed by atoms with van der Waals surface area (Å²) in [5.41, 5.74) is 12.5. The number of hydrogen-bond acceptors (Lipinski definition) is 12. The van der Waals surface area contributed by atoms with E-state index < -0.39 is 5.69 Å². The number of aliphatic hydroxyl groups is 1. The van der Waals surface area contributed by atoms with Gasteiger partial charge in [-0.3, -0.25) is 14.2 Å². The molecule has 6 N–H and O–H groups in total. The molecule has 4 rings (SSSR count). The Morgan fingerprint density at radius 1 is 1.14 bits per heavy atom. The number of carbonyl (C=O) groups is 2. The molecule has 36 heavy (non-hydrogen) atoms. The summed E-state index contributed by atoms with van der Waals surface area (Å²) in [6.07, 6.45) is 1.18. The number of Topliss-reactive ketones (excluding diaryl/α,β-unsaturated/α-hetero) is 2. The van der Waals surface area contributed by atoms with Crippen molar-refractivity contribution < 1.29 is 19.4 Å². The number of benzene rings is 1. The third-order valence-corrected chi connectivity index (χ3v) is 6.04. The van der Waals surface area contributed by atoms with E-state index in [1.807, 2.05) is 0 Å². The SMILES string of the molecule is CC(=O)c1cc(Nc2cc(C)nc(N)n2)cc(C(C)=O)c1.Nc1ccn([C@@H]2CS[C@H](CO)O2)c(=O)n1. The summed E-state index contributed by atoms with van der Waals surface area (Å²) < 4.78 is 6.79. The van der Waals surface area contributed by atoms with Crippen LogP contribution in [-0.2, 0) is 4.74 Å². The second-order valence-corrected chi connectivity index (χ2v) is 9.06. The number of nitrogens with two attached hydrogens (primary N) is 2. The summed E-state index contributed by atoms with van der Waals surface area (Å²) in [5, 5.41) is 11.9. The Morgan fingerprint density at radius 3 is 2.33 bits per heavy atom. The van der Waals surface area contributed by atoms with Gasteiger partial charge < -0.3 is 26.6 Å². The summed E-state index contributed by atoms with van der Waals surface area (Å²) in [5.74, 6) is 1.26. The fraction of sp³-hybridized carbons (Fsp3) is 0.304. The molecule has 3 heterocycles. The molecule has 0 aliphatic carbocycles. The number of anilines is 4. The molecule has 1 saturated heterocycles. The average molecular weight is 514 g/mol. The van der Waals surface area contributed by atoms with Crippen LogP contribution in [0.5, 0.6) is 0 Å². The number of carbonyl (C=O) groups excluding carboxylic acids is 2. The summed E-state index contributed by atoms with van der Waals surface area (Å²) in [6, 6.07) is 8.19. The van der Waals surface area contributed by atoms with Gasteiger partial charge in [0.15, 0.2) is 11.6 Å². The lowest BCUT2D eigenvalue weighted by Crippen LogP contribution is -2.28. The maximum atomic E-state index is 11.5. The molecule has 1 fully saturated rings. The van der Waals surface area contributed by atoms with Crippen molar-refractivity contribution in [3.05, 3.63) is 63.8 Å². The lowest BCUT2D eigenvalue weighted by Gasteiger charge is -2.13. The van der Waals surface area contributed by atoms with Gasteiger partial charge in [-0.1, -0.05) is 0 Å². The van der Waals surface area contributed by atoms with Gasteiger partial charge in [-0.05, 0) is 45.0 Å². The Balaban J connectivity index is 0.000000212. The molecular formula is C23H27N7O5S. The minimum Gasteiger partial charge on any atom is -0.393 e. The van der Waals surface area contributed by atoms with Crippen molar-refractivity contribution in [1.82, 2.24) is 19.5 Å². The Bertz CT molecular complexity index is 1280. The second-order valence-electron chi connectivity index (χ2n) is 7.87. The number of aromatic nitrogens is 4. The topological polar surface area (TPSA) is 188 Å². The van der Waals surface area contributed by atoms with Crippen LogP contribution in [0.4, 0.5) is 23.3 Å². The normalized spacial score (nSPS) is 16.7. The third-order valence-electron chi connectivity index (χ3n) is 4.93. The van der Waals surface area contributed by atoms with Gasteiger partial charge in [-0.15, -0.1) is 11.8 Å². The Hall–Kier alpha value is -3.81. The van der Waals surface area contributed by atoms with E-state index in [0.717, 1.165) is 5.69 Å². The van der Waals surface area contributed by atoms with Crippen LogP contribution in [0, 0.1) is 6.92 Å². The number of nitrogens with one attached hydrogen (secondary N) is 1. The highest BCUT2D eigenvalue weighted by Gasteiger charge is 2.27. The lowest BCUT2D eigenvalue weighted by molar-refractivity contribution is -0.00629. The van der Waals surface area contributed by atoms with Gasteiger partial charge in [0.05, 0.1) is 6.61 Å². The predicted molar refractivity (Wildman–Crippen MR) is 137 cm³/mol. The van der Waals surface area contributed by atoms with Gasteiger partial charge in [0, 0.05) is 40.5 Å². The summed E-state index contributed by atoms with van der Waals surface area (Å²) in [4.78, 5) is 46.2. The van der Waals surface area contributed by atoms with E-state index in [1.165, 1.54) is 30.2 Å². The molecule has 0 radical (unpaired) electrons. The van der Waals surface area contributed by atoms with Crippen LogP contribution in [0.1, 0.15) is 46.5 Å².